The molecule has 0 spiro atoms. The second-order valence-corrected chi connectivity index (χ2v) is 3.91. The van der Waals surface area contributed by atoms with Gasteiger partial charge in [0.25, 0.3) is 0 Å². The van der Waals surface area contributed by atoms with Gasteiger partial charge in [-0.15, -0.1) is 0 Å². The maximum Gasteiger partial charge on any atom is 0.230 e. The highest BCUT2D eigenvalue weighted by Crippen LogP contribution is 2.19. The molecular weight excluding hydrogens is 219 g/mol. The molecule has 2 rings (SSSR count). The number of nitrogens with one attached hydrogen (secondary N) is 2. The number of carbonyl (C=O) groups is 1. The molecule has 0 atom stereocenters. The molecule has 3 nitrogen and oxygen atoms in total. The summed E-state index contributed by atoms with van der Waals surface area (Å²) in [6, 6.07) is 4.18. The van der Waals surface area contributed by atoms with E-state index in [1.807, 2.05) is 0 Å². The molecule has 1 aromatic carbocycles. The minimum absolute atomic E-state index is 0.0555. The Morgan fingerprint density at radius 1 is 1.53 bits per heavy atom. The van der Waals surface area contributed by atoms with E-state index in [0.717, 1.165) is 0 Å². The maximum absolute atomic E-state index is 13.3. The van der Waals surface area contributed by atoms with Crippen LogP contribution in [0, 0.1) is 11.7 Å². The fraction of sp³-hybridized carbons (Fsp3) is 0.300. The highest BCUT2D eigenvalue weighted by atomic mass is 35.5. The van der Waals surface area contributed by atoms with Gasteiger partial charge in [-0.2, -0.15) is 0 Å². The molecule has 0 aliphatic carbocycles. The van der Waals surface area contributed by atoms with Crippen molar-refractivity contribution in [2.45, 2.75) is 0 Å². The van der Waals surface area contributed by atoms with Crippen LogP contribution in [0.3, 0.4) is 0 Å². The Morgan fingerprint density at radius 3 is 2.80 bits per heavy atom. The van der Waals surface area contributed by atoms with Crippen LogP contribution >= 0.6 is 11.6 Å². The van der Waals surface area contributed by atoms with Gasteiger partial charge < -0.3 is 10.6 Å². The van der Waals surface area contributed by atoms with Crippen molar-refractivity contribution in [1.29, 1.82) is 0 Å². The summed E-state index contributed by atoms with van der Waals surface area (Å²) in [7, 11) is 0. The second-order valence-electron chi connectivity index (χ2n) is 3.47. The third-order valence-corrected chi connectivity index (χ3v) is 2.58. The molecule has 1 fully saturated rings. The standard InChI is InChI=1S/C10H10ClFN2O/c11-7-1-2-9(8(12)3-7)14-10(15)6-4-13-5-6/h1-3,6,13H,4-5H2,(H,14,15). The van der Waals surface area contributed by atoms with Crippen LogP contribution in [-0.2, 0) is 4.79 Å². The van der Waals surface area contributed by atoms with Crippen molar-refractivity contribution in [1.82, 2.24) is 5.32 Å². The van der Waals surface area contributed by atoms with Crippen LogP contribution in [0.2, 0.25) is 5.02 Å². The first-order valence-electron chi connectivity index (χ1n) is 4.63. The van der Waals surface area contributed by atoms with E-state index in [-0.39, 0.29) is 17.5 Å². The molecule has 1 amide bonds. The summed E-state index contributed by atoms with van der Waals surface area (Å²) in [4.78, 5) is 11.5. The van der Waals surface area contributed by atoms with E-state index >= 15 is 0 Å². The molecular formula is C10H10ClFN2O. The Morgan fingerprint density at radius 2 is 2.27 bits per heavy atom. The Hall–Kier alpha value is -1.13. The molecule has 0 saturated carbocycles. The lowest BCUT2D eigenvalue weighted by atomic mass is 10.0. The Kier molecular flexibility index (Phi) is 2.88. The smallest absolute Gasteiger partial charge is 0.230 e. The fourth-order valence-corrected chi connectivity index (χ4v) is 1.46. The Labute approximate surface area is 91.6 Å². The van der Waals surface area contributed by atoms with Crippen molar-refractivity contribution in [2.75, 3.05) is 18.4 Å². The average Bonchev–Trinajstić information content (AvgIpc) is 2.07. The van der Waals surface area contributed by atoms with E-state index in [1.165, 1.54) is 12.1 Å². The van der Waals surface area contributed by atoms with Crippen molar-refractivity contribution in [3.63, 3.8) is 0 Å². The maximum atomic E-state index is 13.3. The number of rotatable bonds is 2. The van der Waals surface area contributed by atoms with Gasteiger partial charge in [0.05, 0.1) is 11.6 Å². The number of anilines is 1. The van der Waals surface area contributed by atoms with Crippen LogP contribution in [-0.4, -0.2) is 19.0 Å². The Balaban J connectivity index is 2.06. The highest BCUT2D eigenvalue weighted by molar-refractivity contribution is 6.30. The van der Waals surface area contributed by atoms with Gasteiger partial charge >= 0.3 is 0 Å². The second kappa shape index (κ2) is 4.16. The van der Waals surface area contributed by atoms with Gasteiger partial charge in [0.2, 0.25) is 5.91 Å². The molecule has 1 heterocycles. The van der Waals surface area contributed by atoms with Crippen LogP contribution in [0.5, 0.6) is 0 Å². The number of halogens is 2. The molecule has 0 aromatic heterocycles. The molecule has 1 aliphatic rings. The van der Waals surface area contributed by atoms with E-state index < -0.39 is 5.82 Å². The number of amides is 1. The van der Waals surface area contributed by atoms with Crippen molar-refractivity contribution < 1.29 is 9.18 Å². The zero-order valence-corrected chi connectivity index (χ0v) is 8.64. The Bertz CT molecular complexity index is 393. The van der Waals surface area contributed by atoms with Crippen LogP contribution in [0.1, 0.15) is 0 Å². The number of hydrogen-bond donors (Lipinski definition) is 2. The molecule has 0 unspecified atom stereocenters. The van der Waals surface area contributed by atoms with E-state index in [9.17, 15) is 9.18 Å². The van der Waals surface area contributed by atoms with Gasteiger partial charge in [-0.1, -0.05) is 11.6 Å². The molecule has 0 bridgehead atoms. The van der Waals surface area contributed by atoms with E-state index in [4.69, 9.17) is 11.6 Å². The number of hydrogen-bond acceptors (Lipinski definition) is 2. The molecule has 15 heavy (non-hydrogen) atoms. The zero-order valence-electron chi connectivity index (χ0n) is 7.89. The minimum atomic E-state index is -0.511. The third kappa shape index (κ3) is 2.27. The van der Waals surface area contributed by atoms with Crippen LogP contribution < -0.4 is 10.6 Å². The monoisotopic (exact) mass is 228 g/mol. The topological polar surface area (TPSA) is 41.1 Å². The predicted molar refractivity (Wildman–Crippen MR) is 56.4 cm³/mol. The summed E-state index contributed by atoms with van der Waals surface area (Å²) < 4.78 is 13.3. The first-order valence-corrected chi connectivity index (χ1v) is 5.01. The lowest BCUT2D eigenvalue weighted by Crippen LogP contribution is -2.48. The number of carbonyl (C=O) groups excluding carboxylic acids is 1. The summed E-state index contributed by atoms with van der Waals surface area (Å²) in [6.07, 6.45) is 0. The average molecular weight is 229 g/mol. The zero-order chi connectivity index (χ0) is 10.8. The van der Waals surface area contributed by atoms with Crippen LogP contribution in [0.15, 0.2) is 18.2 Å². The lowest BCUT2D eigenvalue weighted by molar-refractivity contribution is -0.121. The SMILES string of the molecule is O=C(Nc1ccc(Cl)cc1F)C1CNC1. The van der Waals surface area contributed by atoms with Crippen LogP contribution in [0.25, 0.3) is 0 Å². The van der Waals surface area contributed by atoms with E-state index in [1.54, 1.807) is 6.07 Å². The first kappa shape index (κ1) is 10.4. The molecule has 5 heteroatoms. The summed E-state index contributed by atoms with van der Waals surface area (Å²) in [5.74, 6) is -0.724. The molecule has 1 aliphatic heterocycles. The van der Waals surface area contributed by atoms with Gasteiger partial charge in [-0.05, 0) is 18.2 Å². The lowest BCUT2D eigenvalue weighted by Gasteiger charge is -2.25. The van der Waals surface area contributed by atoms with E-state index in [2.05, 4.69) is 10.6 Å². The van der Waals surface area contributed by atoms with Crippen molar-refractivity contribution in [3.8, 4) is 0 Å². The third-order valence-electron chi connectivity index (χ3n) is 2.34. The van der Waals surface area contributed by atoms with Gasteiger partial charge in [-0.3, -0.25) is 4.79 Å². The van der Waals surface area contributed by atoms with Crippen LogP contribution in [0.4, 0.5) is 10.1 Å². The van der Waals surface area contributed by atoms with Crippen molar-refractivity contribution >= 4 is 23.2 Å². The van der Waals surface area contributed by atoms with Gasteiger partial charge in [0.15, 0.2) is 0 Å². The molecule has 2 N–H and O–H groups in total. The predicted octanol–water partition coefficient (Wildman–Crippen LogP) is 1.64. The normalized spacial score (nSPS) is 15.9. The van der Waals surface area contributed by atoms with Gasteiger partial charge in [0.1, 0.15) is 5.82 Å². The summed E-state index contributed by atoms with van der Waals surface area (Å²) in [6.45, 7) is 1.31. The highest BCUT2D eigenvalue weighted by Gasteiger charge is 2.25. The minimum Gasteiger partial charge on any atom is -0.323 e. The van der Waals surface area contributed by atoms with Crippen molar-refractivity contribution in [3.05, 3.63) is 29.0 Å². The first-order chi connectivity index (χ1) is 7.16. The molecule has 0 radical (unpaired) electrons. The van der Waals surface area contributed by atoms with Crippen molar-refractivity contribution in [2.24, 2.45) is 5.92 Å². The van der Waals surface area contributed by atoms with Gasteiger partial charge in [0, 0.05) is 18.1 Å². The quantitative estimate of drug-likeness (QED) is 0.808. The summed E-state index contributed by atoms with van der Waals surface area (Å²) >= 11 is 5.59. The van der Waals surface area contributed by atoms with E-state index in [0.29, 0.717) is 18.1 Å². The molecule has 1 aromatic rings. The number of benzene rings is 1. The molecule has 1 saturated heterocycles. The summed E-state index contributed by atoms with van der Waals surface area (Å²) in [5, 5.41) is 5.82. The fourth-order valence-electron chi connectivity index (χ4n) is 1.30. The largest absolute Gasteiger partial charge is 0.323 e. The van der Waals surface area contributed by atoms with Gasteiger partial charge in [-0.25, -0.2) is 4.39 Å². The molecule has 80 valence electrons. The summed E-state index contributed by atoms with van der Waals surface area (Å²) in [5.41, 5.74) is 0.177.